The van der Waals surface area contributed by atoms with Gasteiger partial charge < -0.3 is 40.2 Å². The molecular weight excluding hydrogens is 666 g/mol. The largest absolute Gasteiger partial charge is 0.361 e. The first-order valence-corrected chi connectivity index (χ1v) is 17.5. The third-order valence-corrected chi connectivity index (χ3v) is 9.21. The van der Waals surface area contributed by atoms with Crippen molar-refractivity contribution in [2.24, 2.45) is 0 Å². The van der Waals surface area contributed by atoms with Crippen LogP contribution in [0.1, 0.15) is 64.2 Å². The molecule has 6 rings (SSSR count). The number of carbonyl (C=O) groups excluding carboxylic acids is 5. The summed E-state index contributed by atoms with van der Waals surface area (Å²) in [5.74, 6) is -1.08. The van der Waals surface area contributed by atoms with Gasteiger partial charge in [-0.05, 0) is 62.9 Å². The monoisotopic (exact) mass is 709 g/mol. The lowest BCUT2D eigenvalue weighted by Crippen LogP contribution is -2.55. The quantitative estimate of drug-likeness (QED) is 0.188. The number of amides is 5. The fourth-order valence-corrected chi connectivity index (χ4v) is 6.46. The molecule has 5 aromatic rings. The zero-order valence-corrected chi connectivity index (χ0v) is 29.5. The molecule has 15 nitrogen and oxygen atoms in total. The van der Waals surface area contributed by atoms with Crippen LogP contribution < -0.4 is 21.3 Å². The molecule has 3 aromatic heterocycles. The highest BCUT2D eigenvalue weighted by molar-refractivity contribution is 5.98. The Morgan fingerprint density at radius 3 is 2.50 bits per heavy atom. The lowest BCUT2D eigenvalue weighted by molar-refractivity contribution is -0.132. The smallest absolute Gasteiger partial charge is 0.276 e. The van der Waals surface area contributed by atoms with Gasteiger partial charge in [0.05, 0.1) is 17.6 Å². The molecule has 52 heavy (non-hydrogen) atoms. The number of carbonyl (C=O) groups is 5. The Morgan fingerprint density at radius 1 is 0.923 bits per heavy atom. The number of imidazole rings is 1. The molecule has 0 unspecified atom stereocenters. The molecule has 0 spiro atoms. The van der Waals surface area contributed by atoms with E-state index in [1.165, 1.54) is 11.0 Å². The molecular formula is C37H43N9O6. The van der Waals surface area contributed by atoms with Gasteiger partial charge >= 0.3 is 0 Å². The number of benzene rings is 2. The Labute approximate surface area is 299 Å². The second-order valence-corrected chi connectivity index (χ2v) is 13.0. The van der Waals surface area contributed by atoms with E-state index in [2.05, 4.69) is 36.4 Å². The van der Waals surface area contributed by atoms with E-state index < -0.39 is 29.8 Å². The maximum atomic E-state index is 13.7. The lowest BCUT2D eigenvalue weighted by Gasteiger charge is -2.25. The molecule has 0 saturated heterocycles. The van der Waals surface area contributed by atoms with Crippen LogP contribution in [0.4, 0.5) is 0 Å². The first-order valence-electron chi connectivity index (χ1n) is 17.5. The molecule has 2 bridgehead atoms. The summed E-state index contributed by atoms with van der Waals surface area (Å²) in [5, 5.41) is 16.2. The van der Waals surface area contributed by atoms with Crippen LogP contribution >= 0.6 is 0 Å². The molecule has 15 heteroatoms. The van der Waals surface area contributed by atoms with Gasteiger partial charge in [0.25, 0.3) is 11.8 Å². The molecule has 0 aliphatic carbocycles. The van der Waals surface area contributed by atoms with E-state index in [0.717, 1.165) is 33.3 Å². The predicted molar refractivity (Wildman–Crippen MR) is 192 cm³/mol. The summed E-state index contributed by atoms with van der Waals surface area (Å²) in [5.41, 5.74) is 3.79. The van der Waals surface area contributed by atoms with Crippen LogP contribution in [0, 0.1) is 13.8 Å². The van der Waals surface area contributed by atoms with Crippen LogP contribution in [0.25, 0.3) is 21.9 Å². The first kappa shape index (κ1) is 35.8. The zero-order chi connectivity index (χ0) is 36.8. The standard InChI is InChI=1S/C37H43N9O6/c1-4-27-36(50)43-30(18-25-20-40-28-10-6-5-9-26(25)28)35(49)39-14-8-16-46-23(3)41-29-12-11-24(19-32(29)46)34(48)38-13-7-15-45(21-33(47)42-27)37(51)31-17-22(2)52-44-31/h5-6,9-12,17,19-20,27,30,40H,4,7-8,13-16,18,21H2,1-3H3,(H,38,48)(H,39,49)(H,42,47)(H,43,50)/t27-,30+/m0/s1. The maximum absolute atomic E-state index is 13.7. The molecule has 2 aromatic carbocycles. The number of fused-ring (bicyclic) bond motifs is 2. The van der Waals surface area contributed by atoms with E-state index in [9.17, 15) is 24.0 Å². The summed E-state index contributed by atoms with van der Waals surface area (Å²) in [6.45, 7) is 6.12. The van der Waals surface area contributed by atoms with Gasteiger partial charge in [-0.15, -0.1) is 0 Å². The van der Waals surface area contributed by atoms with Gasteiger partial charge in [-0.25, -0.2) is 4.98 Å². The van der Waals surface area contributed by atoms with E-state index in [1.54, 1.807) is 32.0 Å². The minimum atomic E-state index is -0.977. The van der Waals surface area contributed by atoms with Crippen molar-refractivity contribution in [3.63, 3.8) is 0 Å². The van der Waals surface area contributed by atoms with E-state index in [0.29, 0.717) is 37.3 Å². The molecule has 1 aliphatic heterocycles. The third kappa shape index (κ3) is 8.14. The van der Waals surface area contributed by atoms with Crippen molar-refractivity contribution in [3.05, 3.63) is 83.1 Å². The van der Waals surface area contributed by atoms with Crippen LogP contribution in [0.2, 0.25) is 0 Å². The number of H-pyrrole nitrogens is 1. The third-order valence-electron chi connectivity index (χ3n) is 9.21. The zero-order valence-electron chi connectivity index (χ0n) is 29.5. The molecule has 2 atom stereocenters. The van der Waals surface area contributed by atoms with Gasteiger partial charge in [0.2, 0.25) is 17.7 Å². The summed E-state index contributed by atoms with van der Waals surface area (Å²) < 4.78 is 7.10. The predicted octanol–water partition coefficient (Wildman–Crippen LogP) is 2.53. The molecule has 1 aliphatic rings. The Bertz CT molecular complexity index is 2110. The molecule has 5 N–H and O–H groups in total. The van der Waals surface area contributed by atoms with Crippen molar-refractivity contribution in [2.75, 3.05) is 26.2 Å². The SMILES string of the molecule is CC[C@@H]1NC(=O)CN(C(=O)c2cc(C)on2)CCCNC(=O)c2ccc3nc(C)n(c3c2)CCCNC(=O)[C@@H](Cc2c[nH]c3ccccc23)NC1=O. The Kier molecular flexibility index (Phi) is 11.0. The van der Waals surface area contributed by atoms with Gasteiger partial charge in [-0.3, -0.25) is 24.0 Å². The minimum Gasteiger partial charge on any atom is -0.361 e. The van der Waals surface area contributed by atoms with Crippen LogP contribution in [-0.2, 0) is 27.3 Å². The summed E-state index contributed by atoms with van der Waals surface area (Å²) in [6.07, 6.45) is 3.18. The molecule has 272 valence electrons. The average Bonchev–Trinajstić information content (AvgIpc) is 3.85. The van der Waals surface area contributed by atoms with Gasteiger partial charge in [-0.2, -0.15) is 0 Å². The van der Waals surface area contributed by atoms with Crippen molar-refractivity contribution < 1.29 is 28.5 Å². The van der Waals surface area contributed by atoms with Crippen LogP contribution in [-0.4, -0.2) is 92.4 Å². The second kappa shape index (κ2) is 15.9. The highest BCUT2D eigenvalue weighted by atomic mass is 16.5. The van der Waals surface area contributed by atoms with Crippen LogP contribution in [0.3, 0.4) is 0 Å². The second-order valence-electron chi connectivity index (χ2n) is 13.0. The molecule has 4 heterocycles. The highest BCUT2D eigenvalue weighted by Crippen LogP contribution is 2.21. The Balaban J connectivity index is 1.27. The lowest BCUT2D eigenvalue weighted by atomic mass is 10.0. The van der Waals surface area contributed by atoms with Crippen LogP contribution in [0.15, 0.2) is 59.3 Å². The Morgan fingerprint density at radius 2 is 1.71 bits per heavy atom. The Hall–Kier alpha value is -5.99. The number of hydrogen-bond donors (Lipinski definition) is 5. The number of aryl methyl sites for hydroxylation is 3. The molecule has 5 amide bonds. The van der Waals surface area contributed by atoms with Gasteiger partial charge in [0.15, 0.2) is 5.69 Å². The minimum absolute atomic E-state index is 0.0342. The topological polar surface area (TPSA) is 196 Å². The van der Waals surface area contributed by atoms with E-state index >= 15 is 0 Å². The first-order chi connectivity index (χ1) is 25.1. The number of para-hydroxylation sites is 1. The fourth-order valence-electron chi connectivity index (χ4n) is 6.46. The highest BCUT2D eigenvalue weighted by Gasteiger charge is 2.29. The molecule has 0 saturated carbocycles. The van der Waals surface area contributed by atoms with E-state index in [4.69, 9.17) is 4.52 Å². The fraction of sp³-hybridized carbons (Fsp3) is 0.378. The number of nitrogens with zero attached hydrogens (tertiary/aromatic N) is 4. The summed E-state index contributed by atoms with van der Waals surface area (Å²) in [6, 6.07) is 12.6. The van der Waals surface area contributed by atoms with Crippen LogP contribution in [0.5, 0.6) is 0 Å². The maximum Gasteiger partial charge on any atom is 0.276 e. The van der Waals surface area contributed by atoms with Gasteiger partial charge in [0, 0.05) is 61.3 Å². The number of hydrogen-bond acceptors (Lipinski definition) is 8. The average molecular weight is 710 g/mol. The van der Waals surface area contributed by atoms with Crippen molar-refractivity contribution in [1.82, 2.24) is 45.9 Å². The van der Waals surface area contributed by atoms with Crippen molar-refractivity contribution >= 4 is 51.5 Å². The van der Waals surface area contributed by atoms with Crippen molar-refractivity contribution in [3.8, 4) is 0 Å². The number of nitrogens with one attached hydrogen (secondary N) is 5. The summed E-state index contributed by atoms with van der Waals surface area (Å²) in [4.78, 5) is 76.6. The molecule has 0 radical (unpaired) electrons. The van der Waals surface area contributed by atoms with E-state index in [1.807, 2.05) is 42.0 Å². The van der Waals surface area contributed by atoms with Gasteiger partial charge in [-0.1, -0.05) is 30.3 Å². The number of aromatic nitrogens is 4. The van der Waals surface area contributed by atoms with E-state index in [-0.39, 0.29) is 50.0 Å². The van der Waals surface area contributed by atoms with Gasteiger partial charge in [0.1, 0.15) is 23.7 Å². The normalized spacial score (nSPS) is 18.7. The molecule has 0 fully saturated rings. The van der Waals surface area contributed by atoms with Crippen molar-refractivity contribution in [1.29, 1.82) is 0 Å². The van der Waals surface area contributed by atoms with Crippen molar-refractivity contribution in [2.45, 2.75) is 65.1 Å². The number of aromatic amines is 1. The summed E-state index contributed by atoms with van der Waals surface area (Å²) in [7, 11) is 0. The summed E-state index contributed by atoms with van der Waals surface area (Å²) >= 11 is 0. The number of rotatable bonds is 4.